The summed E-state index contributed by atoms with van der Waals surface area (Å²) < 4.78 is 11.0. The molecule has 2 aliphatic heterocycles. The van der Waals surface area contributed by atoms with Crippen LogP contribution in [0.2, 0.25) is 0 Å². The summed E-state index contributed by atoms with van der Waals surface area (Å²) in [4.78, 5) is 16.4. The molecular weight excluding hydrogens is 356 g/mol. The predicted molar refractivity (Wildman–Crippen MR) is 106 cm³/mol. The van der Waals surface area contributed by atoms with Gasteiger partial charge in [0.2, 0.25) is 5.91 Å². The molecule has 1 amide bonds. The lowest BCUT2D eigenvalue weighted by Gasteiger charge is -2.39. The second-order valence-electron chi connectivity index (χ2n) is 8.60. The molecule has 0 aromatic heterocycles. The molecule has 154 valence electrons. The molecule has 3 aliphatic rings. The summed E-state index contributed by atoms with van der Waals surface area (Å²) in [5.41, 5.74) is 0.748. The molecule has 1 N–H and O–H groups in total. The van der Waals surface area contributed by atoms with Gasteiger partial charge < -0.3 is 19.5 Å². The van der Waals surface area contributed by atoms with Crippen molar-refractivity contribution in [2.45, 2.75) is 49.3 Å². The molecule has 0 bridgehead atoms. The number of fused-ring (bicyclic) bond motifs is 1. The number of hydrogen-bond donors (Lipinski definition) is 1. The van der Waals surface area contributed by atoms with Crippen molar-refractivity contribution in [1.29, 1.82) is 0 Å². The van der Waals surface area contributed by atoms with Gasteiger partial charge in [0.05, 0.1) is 24.4 Å². The number of aliphatic hydroxyl groups is 1. The van der Waals surface area contributed by atoms with Gasteiger partial charge in [-0.05, 0) is 37.2 Å². The number of benzene rings is 1. The molecule has 3 fully saturated rings. The third kappa shape index (κ3) is 4.25. The lowest BCUT2D eigenvalue weighted by molar-refractivity contribution is -0.153. The number of hydrogen-bond acceptors (Lipinski definition) is 5. The summed E-state index contributed by atoms with van der Waals surface area (Å²) in [6.07, 6.45) is 3.74. The molecule has 2 heterocycles. The van der Waals surface area contributed by atoms with Gasteiger partial charge in [0, 0.05) is 33.3 Å². The van der Waals surface area contributed by atoms with E-state index in [1.807, 2.05) is 4.90 Å². The van der Waals surface area contributed by atoms with Crippen LogP contribution in [0.4, 0.5) is 0 Å². The average molecular weight is 389 g/mol. The molecule has 1 aromatic rings. The molecule has 0 spiro atoms. The first-order valence-electron chi connectivity index (χ1n) is 10.5. The van der Waals surface area contributed by atoms with E-state index >= 15 is 0 Å². The third-order valence-corrected chi connectivity index (χ3v) is 6.70. The van der Waals surface area contributed by atoms with Crippen molar-refractivity contribution >= 4 is 5.91 Å². The second-order valence-corrected chi connectivity index (χ2v) is 8.60. The van der Waals surface area contributed by atoms with Crippen LogP contribution in [0, 0.1) is 0 Å². The Hall–Kier alpha value is -1.47. The Balaban J connectivity index is 1.33. The molecule has 1 saturated carbocycles. The van der Waals surface area contributed by atoms with E-state index in [0.717, 1.165) is 38.8 Å². The summed E-state index contributed by atoms with van der Waals surface area (Å²) in [7, 11) is 1.66. The Morgan fingerprint density at radius 3 is 2.68 bits per heavy atom. The molecule has 2 saturated heterocycles. The van der Waals surface area contributed by atoms with Crippen LogP contribution in [-0.2, 0) is 14.3 Å². The maximum Gasteiger partial charge on any atom is 0.249 e. The maximum atomic E-state index is 12.3. The van der Waals surface area contributed by atoms with Crippen LogP contribution in [0.15, 0.2) is 30.3 Å². The third-order valence-electron chi connectivity index (χ3n) is 6.70. The van der Waals surface area contributed by atoms with Crippen LogP contribution >= 0.6 is 0 Å². The molecule has 0 unspecified atom stereocenters. The van der Waals surface area contributed by atoms with Gasteiger partial charge in [-0.3, -0.25) is 9.69 Å². The van der Waals surface area contributed by atoms with Crippen molar-refractivity contribution in [2.24, 2.45) is 0 Å². The molecule has 0 radical (unpaired) electrons. The summed E-state index contributed by atoms with van der Waals surface area (Å²) in [5, 5.41) is 11.2. The average Bonchev–Trinajstić information content (AvgIpc) is 3.10. The number of carbonyl (C=O) groups is 1. The van der Waals surface area contributed by atoms with Gasteiger partial charge in [-0.2, -0.15) is 0 Å². The first kappa shape index (κ1) is 19.8. The SMILES string of the molecule is COCCN1C(=O)CO[C@H]2CN(CC3(O)CCC(c4ccccc4)CC3)C[C@@H]21. The van der Waals surface area contributed by atoms with Crippen LogP contribution in [-0.4, -0.2) is 85.1 Å². The van der Waals surface area contributed by atoms with E-state index in [1.54, 1.807) is 7.11 Å². The number of methoxy groups -OCH3 is 1. The highest BCUT2D eigenvalue weighted by Gasteiger charge is 2.45. The van der Waals surface area contributed by atoms with E-state index in [-0.39, 0.29) is 24.7 Å². The molecule has 2 atom stereocenters. The van der Waals surface area contributed by atoms with E-state index in [4.69, 9.17) is 9.47 Å². The zero-order chi connectivity index (χ0) is 19.6. The Morgan fingerprint density at radius 2 is 1.96 bits per heavy atom. The second kappa shape index (κ2) is 8.49. The predicted octanol–water partition coefficient (Wildman–Crippen LogP) is 1.63. The lowest BCUT2D eigenvalue weighted by Crippen LogP contribution is -2.55. The number of carbonyl (C=O) groups excluding carboxylic acids is 1. The summed E-state index contributed by atoms with van der Waals surface area (Å²) >= 11 is 0. The van der Waals surface area contributed by atoms with Crippen molar-refractivity contribution in [3.63, 3.8) is 0 Å². The fraction of sp³-hybridized carbons (Fsp3) is 0.682. The van der Waals surface area contributed by atoms with Gasteiger partial charge in [0.25, 0.3) is 0 Å². The van der Waals surface area contributed by atoms with Crippen molar-refractivity contribution in [3.05, 3.63) is 35.9 Å². The fourth-order valence-corrected chi connectivity index (χ4v) is 5.14. The largest absolute Gasteiger partial charge is 0.389 e. The standard InChI is InChI=1S/C22H32N2O4/c1-27-12-11-24-19-13-23(14-20(19)28-15-21(24)25)16-22(26)9-7-18(8-10-22)17-5-3-2-4-6-17/h2-6,18-20,26H,7-16H2,1H3/t18?,19-,20-,22?/m0/s1. The molecule has 4 rings (SSSR count). The zero-order valence-corrected chi connectivity index (χ0v) is 16.8. The number of ether oxygens (including phenoxy) is 2. The number of nitrogens with zero attached hydrogens (tertiary/aromatic N) is 2. The topological polar surface area (TPSA) is 62.2 Å². The molecular formula is C22H32N2O4. The van der Waals surface area contributed by atoms with Gasteiger partial charge in [-0.15, -0.1) is 0 Å². The summed E-state index contributed by atoms with van der Waals surface area (Å²) in [5.74, 6) is 0.593. The number of β-amino-alcohol motifs (C(OH)–C–C–N with tert-alkyl or cyclic N) is 1. The van der Waals surface area contributed by atoms with Crippen molar-refractivity contribution in [2.75, 3.05) is 46.5 Å². The smallest absolute Gasteiger partial charge is 0.249 e. The Morgan fingerprint density at radius 1 is 1.21 bits per heavy atom. The van der Waals surface area contributed by atoms with E-state index in [1.165, 1.54) is 5.56 Å². The Labute approximate surface area is 167 Å². The van der Waals surface area contributed by atoms with Gasteiger partial charge in [0.1, 0.15) is 6.61 Å². The van der Waals surface area contributed by atoms with Crippen LogP contribution in [0.5, 0.6) is 0 Å². The number of morpholine rings is 1. The minimum atomic E-state index is -0.639. The number of rotatable bonds is 6. The zero-order valence-electron chi connectivity index (χ0n) is 16.8. The number of amides is 1. The minimum absolute atomic E-state index is 0.0406. The molecule has 28 heavy (non-hydrogen) atoms. The summed E-state index contributed by atoms with van der Waals surface area (Å²) in [6, 6.07) is 10.7. The van der Waals surface area contributed by atoms with Crippen LogP contribution in [0.3, 0.4) is 0 Å². The van der Waals surface area contributed by atoms with E-state index < -0.39 is 5.60 Å². The summed E-state index contributed by atoms with van der Waals surface area (Å²) in [6.45, 7) is 3.52. The van der Waals surface area contributed by atoms with Gasteiger partial charge >= 0.3 is 0 Å². The van der Waals surface area contributed by atoms with E-state index in [2.05, 4.69) is 35.2 Å². The molecule has 6 heteroatoms. The minimum Gasteiger partial charge on any atom is -0.389 e. The lowest BCUT2D eigenvalue weighted by atomic mass is 9.76. The number of likely N-dealkylation sites (tertiary alicyclic amines) is 1. The van der Waals surface area contributed by atoms with E-state index in [9.17, 15) is 9.90 Å². The molecule has 1 aromatic carbocycles. The Bertz CT molecular complexity index is 660. The highest BCUT2D eigenvalue weighted by molar-refractivity contribution is 5.78. The van der Waals surface area contributed by atoms with Crippen molar-refractivity contribution in [1.82, 2.24) is 9.80 Å². The molecule has 1 aliphatic carbocycles. The normalized spacial score (nSPS) is 33.9. The first-order valence-corrected chi connectivity index (χ1v) is 10.5. The highest BCUT2D eigenvalue weighted by atomic mass is 16.5. The Kier molecular flexibility index (Phi) is 6.01. The monoisotopic (exact) mass is 388 g/mol. The van der Waals surface area contributed by atoms with Gasteiger partial charge in [-0.25, -0.2) is 0 Å². The van der Waals surface area contributed by atoms with Gasteiger partial charge in [-0.1, -0.05) is 30.3 Å². The van der Waals surface area contributed by atoms with E-state index in [0.29, 0.717) is 25.6 Å². The van der Waals surface area contributed by atoms with Crippen LogP contribution in [0.25, 0.3) is 0 Å². The first-order chi connectivity index (χ1) is 13.6. The maximum absolute atomic E-state index is 12.3. The van der Waals surface area contributed by atoms with Crippen molar-refractivity contribution < 1.29 is 19.4 Å². The quantitative estimate of drug-likeness (QED) is 0.803. The highest BCUT2D eigenvalue weighted by Crippen LogP contribution is 2.39. The molecule has 6 nitrogen and oxygen atoms in total. The van der Waals surface area contributed by atoms with Crippen LogP contribution < -0.4 is 0 Å². The van der Waals surface area contributed by atoms with Crippen molar-refractivity contribution in [3.8, 4) is 0 Å². The van der Waals surface area contributed by atoms with Crippen LogP contribution in [0.1, 0.15) is 37.2 Å². The van der Waals surface area contributed by atoms with Gasteiger partial charge in [0.15, 0.2) is 0 Å². The fourth-order valence-electron chi connectivity index (χ4n) is 5.14.